The Morgan fingerprint density at radius 2 is 2.33 bits per heavy atom. The van der Waals surface area contributed by atoms with E-state index in [1.165, 1.54) is 6.20 Å². The minimum atomic E-state index is -0.398. The molecule has 0 bridgehead atoms. The van der Waals surface area contributed by atoms with Gasteiger partial charge in [0.1, 0.15) is 5.76 Å². The summed E-state index contributed by atoms with van der Waals surface area (Å²) in [4.78, 5) is 20.1. The number of esters is 1. The first-order valence-electron chi connectivity index (χ1n) is 6.89. The number of aromatic nitrogens is 2. The van der Waals surface area contributed by atoms with E-state index < -0.39 is 5.97 Å². The first-order valence-corrected chi connectivity index (χ1v) is 6.89. The van der Waals surface area contributed by atoms with Crippen LogP contribution in [-0.2, 0) is 11.2 Å². The highest BCUT2D eigenvalue weighted by atomic mass is 16.5. The standard InChI is InChI=1S/C15H19N3O3/c1-4-20-14(19)13-9-16-15(18-11(13)3)17-10(2)8-12-6-5-7-21-12/h5-7,9-10H,4,8H2,1-3H3,(H,16,17,18). The van der Waals surface area contributed by atoms with E-state index in [9.17, 15) is 4.79 Å². The minimum Gasteiger partial charge on any atom is -0.469 e. The summed E-state index contributed by atoms with van der Waals surface area (Å²) >= 11 is 0. The molecule has 6 nitrogen and oxygen atoms in total. The Morgan fingerprint density at radius 3 is 2.95 bits per heavy atom. The van der Waals surface area contributed by atoms with Gasteiger partial charge in [-0.15, -0.1) is 0 Å². The summed E-state index contributed by atoms with van der Waals surface area (Å²) in [7, 11) is 0. The van der Waals surface area contributed by atoms with E-state index in [-0.39, 0.29) is 6.04 Å². The van der Waals surface area contributed by atoms with Crippen molar-refractivity contribution in [1.29, 1.82) is 0 Å². The molecule has 0 aliphatic rings. The van der Waals surface area contributed by atoms with Gasteiger partial charge in [0.15, 0.2) is 0 Å². The van der Waals surface area contributed by atoms with Crippen LogP contribution in [0.3, 0.4) is 0 Å². The summed E-state index contributed by atoms with van der Waals surface area (Å²) in [6.07, 6.45) is 3.87. The predicted molar refractivity (Wildman–Crippen MR) is 78.2 cm³/mol. The van der Waals surface area contributed by atoms with E-state index in [1.54, 1.807) is 20.1 Å². The Balaban J connectivity index is 2.01. The monoisotopic (exact) mass is 289 g/mol. The summed E-state index contributed by atoms with van der Waals surface area (Å²) in [5, 5.41) is 3.18. The number of ether oxygens (including phenoxy) is 1. The molecule has 1 N–H and O–H groups in total. The Labute approximate surface area is 123 Å². The van der Waals surface area contributed by atoms with Crippen molar-refractivity contribution in [3.8, 4) is 0 Å². The van der Waals surface area contributed by atoms with E-state index in [0.717, 1.165) is 12.2 Å². The predicted octanol–water partition coefficient (Wildman–Crippen LogP) is 2.60. The lowest BCUT2D eigenvalue weighted by Crippen LogP contribution is -2.20. The lowest BCUT2D eigenvalue weighted by molar-refractivity contribution is 0.0524. The number of carbonyl (C=O) groups excluding carboxylic acids is 1. The molecule has 1 unspecified atom stereocenters. The Kier molecular flexibility index (Phi) is 4.92. The van der Waals surface area contributed by atoms with E-state index in [2.05, 4.69) is 15.3 Å². The first kappa shape index (κ1) is 15.0. The second-order valence-corrected chi connectivity index (χ2v) is 4.74. The zero-order valence-corrected chi connectivity index (χ0v) is 12.4. The van der Waals surface area contributed by atoms with Gasteiger partial charge in [-0.25, -0.2) is 14.8 Å². The van der Waals surface area contributed by atoms with Crippen molar-refractivity contribution in [1.82, 2.24) is 9.97 Å². The highest BCUT2D eigenvalue weighted by molar-refractivity contribution is 5.90. The Morgan fingerprint density at radius 1 is 1.52 bits per heavy atom. The van der Waals surface area contributed by atoms with E-state index in [0.29, 0.717) is 23.8 Å². The molecular weight excluding hydrogens is 270 g/mol. The zero-order chi connectivity index (χ0) is 15.2. The second-order valence-electron chi connectivity index (χ2n) is 4.74. The van der Waals surface area contributed by atoms with Gasteiger partial charge in [-0.2, -0.15) is 0 Å². The van der Waals surface area contributed by atoms with E-state index >= 15 is 0 Å². The molecule has 0 amide bonds. The molecule has 2 aromatic rings. The number of anilines is 1. The molecular formula is C15H19N3O3. The van der Waals surface area contributed by atoms with Gasteiger partial charge in [-0.3, -0.25) is 0 Å². The molecule has 6 heteroatoms. The van der Waals surface area contributed by atoms with Crippen molar-refractivity contribution >= 4 is 11.9 Å². The van der Waals surface area contributed by atoms with Crippen molar-refractivity contribution in [3.63, 3.8) is 0 Å². The molecule has 0 aliphatic carbocycles. The van der Waals surface area contributed by atoms with Crippen LogP contribution in [0, 0.1) is 6.92 Å². The maximum Gasteiger partial charge on any atom is 0.341 e. The van der Waals surface area contributed by atoms with E-state index in [1.807, 2.05) is 19.1 Å². The molecule has 2 aromatic heterocycles. The Bertz CT molecular complexity index is 596. The van der Waals surface area contributed by atoms with Crippen LogP contribution in [-0.4, -0.2) is 28.6 Å². The van der Waals surface area contributed by atoms with Gasteiger partial charge in [0.05, 0.1) is 24.1 Å². The third-order valence-corrected chi connectivity index (χ3v) is 2.94. The molecule has 0 aliphatic heterocycles. The van der Waals surface area contributed by atoms with Crippen LogP contribution in [0.25, 0.3) is 0 Å². The molecule has 21 heavy (non-hydrogen) atoms. The minimum absolute atomic E-state index is 0.115. The fraction of sp³-hybridized carbons (Fsp3) is 0.400. The maximum atomic E-state index is 11.7. The number of hydrogen-bond donors (Lipinski definition) is 1. The topological polar surface area (TPSA) is 77.2 Å². The lowest BCUT2D eigenvalue weighted by atomic mass is 10.2. The highest BCUT2D eigenvalue weighted by Crippen LogP contribution is 2.11. The van der Waals surface area contributed by atoms with Gasteiger partial charge in [0, 0.05) is 18.7 Å². The fourth-order valence-corrected chi connectivity index (χ4v) is 1.95. The van der Waals surface area contributed by atoms with Crippen LogP contribution in [0.5, 0.6) is 0 Å². The number of rotatable bonds is 6. The average Bonchev–Trinajstić information content (AvgIpc) is 2.91. The second kappa shape index (κ2) is 6.88. The molecule has 0 radical (unpaired) electrons. The Hall–Kier alpha value is -2.37. The molecule has 2 heterocycles. The molecule has 0 spiro atoms. The molecule has 112 valence electrons. The van der Waals surface area contributed by atoms with Gasteiger partial charge in [0.2, 0.25) is 5.95 Å². The van der Waals surface area contributed by atoms with Gasteiger partial charge in [-0.05, 0) is 32.9 Å². The molecule has 0 saturated heterocycles. The van der Waals surface area contributed by atoms with Crippen LogP contribution in [0.4, 0.5) is 5.95 Å². The summed E-state index contributed by atoms with van der Waals surface area (Å²) in [5.74, 6) is 0.986. The van der Waals surface area contributed by atoms with Crippen molar-refractivity contribution in [2.75, 3.05) is 11.9 Å². The summed E-state index contributed by atoms with van der Waals surface area (Å²) < 4.78 is 10.2. The number of nitrogens with one attached hydrogen (secondary N) is 1. The molecule has 2 rings (SSSR count). The van der Waals surface area contributed by atoms with Crippen LogP contribution < -0.4 is 5.32 Å². The third kappa shape index (κ3) is 4.05. The smallest absolute Gasteiger partial charge is 0.341 e. The average molecular weight is 289 g/mol. The van der Waals surface area contributed by atoms with Gasteiger partial charge in [-0.1, -0.05) is 0 Å². The van der Waals surface area contributed by atoms with E-state index in [4.69, 9.17) is 9.15 Å². The summed E-state index contributed by atoms with van der Waals surface area (Å²) in [5.41, 5.74) is 0.984. The van der Waals surface area contributed by atoms with Gasteiger partial charge >= 0.3 is 5.97 Å². The van der Waals surface area contributed by atoms with Crippen LogP contribution in [0.1, 0.15) is 35.7 Å². The largest absolute Gasteiger partial charge is 0.469 e. The highest BCUT2D eigenvalue weighted by Gasteiger charge is 2.14. The van der Waals surface area contributed by atoms with Crippen molar-refractivity contribution in [3.05, 3.63) is 41.6 Å². The normalized spacial score (nSPS) is 12.0. The fourth-order valence-electron chi connectivity index (χ4n) is 1.95. The molecule has 0 aromatic carbocycles. The number of aryl methyl sites for hydroxylation is 1. The number of nitrogens with zero attached hydrogens (tertiary/aromatic N) is 2. The SMILES string of the molecule is CCOC(=O)c1cnc(NC(C)Cc2ccco2)nc1C. The molecule has 1 atom stereocenters. The first-order chi connectivity index (χ1) is 10.1. The lowest BCUT2D eigenvalue weighted by Gasteiger charge is -2.13. The summed E-state index contributed by atoms with van der Waals surface area (Å²) in [6.45, 7) is 5.87. The van der Waals surface area contributed by atoms with Crippen LogP contribution in [0.2, 0.25) is 0 Å². The van der Waals surface area contributed by atoms with Crippen molar-refractivity contribution in [2.45, 2.75) is 33.2 Å². The van der Waals surface area contributed by atoms with Gasteiger partial charge < -0.3 is 14.5 Å². The van der Waals surface area contributed by atoms with Crippen molar-refractivity contribution in [2.24, 2.45) is 0 Å². The van der Waals surface area contributed by atoms with Crippen LogP contribution >= 0.6 is 0 Å². The van der Waals surface area contributed by atoms with Crippen molar-refractivity contribution < 1.29 is 13.9 Å². The molecule has 0 saturated carbocycles. The summed E-state index contributed by atoms with van der Waals surface area (Å²) in [6, 6.07) is 3.90. The maximum absolute atomic E-state index is 11.7. The quantitative estimate of drug-likeness (QED) is 0.824. The number of carbonyl (C=O) groups is 1. The molecule has 0 fully saturated rings. The number of hydrogen-bond acceptors (Lipinski definition) is 6. The number of furan rings is 1. The van der Waals surface area contributed by atoms with Gasteiger partial charge in [0.25, 0.3) is 0 Å². The van der Waals surface area contributed by atoms with Crippen LogP contribution in [0.15, 0.2) is 29.0 Å². The zero-order valence-electron chi connectivity index (χ0n) is 12.4. The third-order valence-electron chi connectivity index (χ3n) is 2.94.